The molecule has 0 bridgehead atoms. The molecule has 1 atom stereocenters. The van der Waals surface area contributed by atoms with Gasteiger partial charge in [-0.2, -0.15) is 5.10 Å². The molecule has 32 heavy (non-hydrogen) atoms. The molecule has 0 fully saturated rings. The zero-order chi connectivity index (χ0) is 22.9. The molecule has 0 radical (unpaired) electrons. The SMILES string of the molecule is CC(C)(C)C=CC(Cc1cc(-c2cnc3ccccc3c2)c2c(N)ncnn12)OC(N)=O. The molecule has 0 aliphatic heterocycles. The number of para-hydroxylation sites is 1. The summed E-state index contributed by atoms with van der Waals surface area (Å²) in [6.45, 7) is 6.20. The second-order valence-electron chi connectivity index (χ2n) is 8.78. The lowest BCUT2D eigenvalue weighted by atomic mass is 9.95. The van der Waals surface area contributed by atoms with Crippen molar-refractivity contribution < 1.29 is 9.53 Å². The fraction of sp³-hybridized carbons (Fsp3) is 0.250. The maximum absolute atomic E-state index is 11.5. The lowest BCUT2D eigenvalue weighted by molar-refractivity contribution is 0.128. The van der Waals surface area contributed by atoms with Crippen molar-refractivity contribution in [2.45, 2.75) is 33.3 Å². The smallest absolute Gasteiger partial charge is 0.405 e. The van der Waals surface area contributed by atoms with Crippen LogP contribution in [-0.4, -0.2) is 31.8 Å². The Hall–Kier alpha value is -3.94. The van der Waals surface area contributed by atoms with Gasteiger partial charge in [-0.05, 0) is 29.7 Å². The fourth-order valence-corrected chi connectivity index (χ4v) is 3.62. The number of carbonyl (C=O) groups excluding carboxylic acids is 1. The number of hydrogen-bond donors (Lipinski definition) is 2. The molecule has 0 saturated heterocycles. The third-order valence-corrected chi connectivity index (χ3v) is 5.05. The number of nitrogen functional groups attached to an aromatic ring is 1. The van der Waals surface area contributed by atoms with Crippen molar-refractivity contribution in [3.8, 4) is 11.1 Å². The molecule has 8 heteroatoms. The number of pyridine rings is 1. The highest BCUT2D eigenvalue weighted by Crippen LogP contribution is 2.32. The van der Waals surface area contributed by atoms with E-state index in [2.05, 4.69) is 41.9 Å². The van der Waals surface area contributed by atoms with Gasteiger partial charge in [0.15, 0.2) is 5.82 Å². The minimum Gasteiger partial charge on any atom is -0.442 e. The van der Waals surface area contributed by atoms with Crippen LogP contribution in [0.3, 0.4) is 0 Å². The Labute approximate surface area is 185 Å². The molecule has 1 aromatic carbocycles. The van der Waals surface area contributed by atoms with Gasteiger partial charge in [-0.1, -0.05) is 45.0 Å². The van der Waals surface area contributed by atoms with Crippen LogP contribution in [0.2, 0.25) is 0 Å². The number of benzene rings is 1. The zero-order valence-corrected chi connectivity index (χ0v) is 18.3. The van der Waals surface area contributed by atoms with Crippen LogP contribution in [0.25, 0.3) is 27.5 Å². The molecule has 3 aromatic heterocycles. The first-order valence-electron chi connectivity index (χ1n) is 10.3. The number of nitrogens with two attached hydrogens (primary N) is 2. The number of amides is 1. The summed E-state index contributed by atoms with van der Waals surface area (Å²) in [5.41, 5.74) is 15.6. The molecule has 1 unspecified atom stereocenters. The molecular weight excluding hydrogens is 404 g/mol. The fourth-order valence-electron chi connectivity index (χ4n) is 3.62. The Morgan fingerprint density at radius 1 is 1.22 bits per heavy atom. The van der Waals surface area contributed by atoms with Crippen molar-refractivity contribution in [1.29, 1.82) is 0 Å². The molecule has 4 rings (SSSR count). The molecule has 0 aliphatic rings. The number of carbonyl (C=O) groups is 1. The number of nitrogens with zero attached hydrogens (tertiary/aromatic N) is 4. The van der Waals surface area contributed by atoms with Gasteiger partial charge in [0.25, 0.3) is 0 Å². The first-order valence-corrected chi connectivity index (χ1v) is 10.3. The Morgan fingerprint density at radius 3 is 2.75 bits per heavy atom. The summed E-state index contributed by atoms with van der Waals surface area (Å²) >= 11 is 0. The molecular formula is C24H26N6O2. The van der Waals surface area contributed by atoms with Crippen molar-refractivity contribution in [2.75, 3.05) is 5.73 Å². The maximum atomic E-state index is 11.5. The summed E-state index contributed by atoms with van der Waals surface area (Å²) in [6, 6.07) is 11.9. The van der Waals surface area contributed by atoms with E-state index < -0.39 is 12.2 Å². The van der Waals surface area contributed by atoms with E-state index in [1.54, 1.807) is 4.52 Å². The van der Waals surface area contributed by atoms with Gasteiger partial charge in [-0.15, -0.1) is 0 Å². The number of aromatic nitrogens is 4. The largest absolute Gasteiger partial charge is 0.442 e. The molecule has 0 aliphatic carbocycles. The van der Waals surface area contributed by atoms with E-state index in [0.717, 1.165) is 27.7 Å². The molecule has 3 heterocycles. The lowest BCUT2D eigenvalue weighted by Crippen LogP contribution is -2.24. The second kappa shape index (κ2) is 8.30. The van der Waals surface area contributed by atoms with Crippen molar-refractivity contribution in [2.24, 2.45) is 11.1 Å². The number of ether oxygens (including phenoxy) is 1. The summed E-state index contributed by atoms with van der Waals surface area (Å²) in [6.07, 6.45) is 6.05. The van der Waals surface area contributed by atoms with Gasteiger partial charge in [0.2, 0.25) is 0 Å². The van der Waals surface area contributed by atoms with Crippen LogP contribution in [-0.2, 0) is 11.2 Å². The van der Waals surface area contributed by atoms with E-state index in [0.29, 0.717) is 17.8 Å². The lowest BCUT2D eigenvalue weighted by Gasteiger charge is -2.16. The van der Waals surface area contributed by atoms with Crippen LogP contribution in [0.4, 0.5) is 10.6 Å². The van der Waals surface area contributed by atoms with Gasteiger partial charge >= 0.3 is 6.09 Å². The summed E-state index contributed by atoms with van der Waals surface area (Å²) in [7, 11) is 0. The van der Waals surface area contributed by atoms with Crippen LogP contribution >= 0.6 is 0 Å². The highest BCUT2D eigenvalue weighted by atomic mass is 16.6. The monoisotopic (exact) mass is 430 g/mol. The third-order valence-electron chi connectivity index (χ3n) is 5.05. The third kappa shape index (κ3) is 4.54. The second-order valence-corrected chi connectivity index (χ2v) is 8.78. The maximum Gasteiger partial charge on any atom is 0.405 e. The summed E-state index contributed by atoms with van der Waals surface area (Å²) in [5.74, 6) is 0.354. The number of hydrogen-bond acceptors (Lipinski definition) is 6. The number of primary amides is 1. The van der Waals surface area contributed by atoms with E-state index in [4.69, 9.17) is 16.2 Å². The Bertz CT molecular complexity index is 1320. The number of anilines is 1. The molecule has 1 amide bonds. The molecule has 4 N–H and O–H groups in total. The molecule has 8 nitrogen and oxygen atoms in total. The van der Waals surface area contributed by atoms with Gasteiger partial charge in [-0.25, -0.2) is 14.3 Å². The van der Waals surface area contributed by atoms with Gasteiger partial charge in [-0.3, -0.25) is 4.98 Å². The van der Waals surface area contributed by atoms with Crippen LogP contribution < -0.4 is 11.5 Å². The van der Waals surface area contributed by atoms with E-state index in [9.17, 15) is 4.79 Å². The number of allylic oxidation sites excluding steroid dienone is 1. The normalized spacial score (nSPS) is 13.1. The predicted octanol–water partition coefficient (Wildman–Crippen LogP) is 4.14. The minimum atomic E-state index is -0.831. The Kier molecular flexibility index (Phi) is 5.52. The zero-order valence-electron chi connectivity index (χ0n) is 18.3. The van der Waals surface area contributed by atoms with E-state index >= 15 is 0 Å². The Morgan fingerprint density at radius 2 is 2.00 bits per heavy atom. The molecule has 0 saturated carbocycles. The number of fused-ring (bicyclic) bond motifs is 2. The molecule has 164 valence electrons. The standard InChI is InChI=1S/C24H26N6O2/c1-24(2,3)9-8-18(32-23(26)31)11-17-12-19(21-22(25)28-14-29-30(17)21)16-10-15-6-4-5-7-20(15)27-13-16/h4-10,12-14,18H,11H2,1-3H3,(H2,26,31)(H2,25,28,29). The van der Waals surface area contributed by atoms with E-state index in [-0.39, 0.29) is 5.41 Å². The van der Waals surface area contributed by atoms with Crippen molar-refractivity contribution in [1.82, 2.24) is 19.6 Å². The topological polar surface area (TPSA) is 121 Å². The minimum absolute atomic E-state index is 0.0744. The molecule has 0 spiro atoms. The first-order chi connectivity index (χ1) is 15.2. The van der Waals surface area contributed by atoms with Gasteiger partial charge in [0.1, 0.15) is 17.9 Å². The van der Waals surface area contributed by atoms with Crippen LogP contribution in [0.1, 0.15) is 26.5 Å². The van der Waals surface area contributed by atoms with Crippen molar-refractivity contribution >= 4 is 28.3 Å². The Balaban J connectivity index is 1.81. The van der Waals surface area contributed by atoms with E-state index in [1.165, 1.54) is 6.33 Å². The van der Waals surface area contributed by atoms with Gasteiger partial charge in [0.05, 0.1) is 5.52 Å². The van der Waals surface area contributed by atoms with Crippen LogP contribution in [0.5, 0.6) is 0 Å². The number of rotatable bonds is 5. The molecule has 4 aromatic rings. The first kappa shape index (κ1) is 21.3. The summed E-state index contributed by atoms with van der Waals surface area (Å²) < 4.78 is 7.08. The van der Waals surface area contributed by atoms with Crippen LogP contribution in [0, 0.1) is 5.41 Å². The highest BCUT2D eigenvalue weighted by Gasteiger charge is 2.20. The average Bonchev–Trinajstić information content (AvgIpc) is 3.10. The summed E-state index contributed by atoms with van der Waals surface area (Å²) in [5, 5.41) is 5.42. The van der Waals surface area contributed by atoms with E-state index in [1.807, 2.05) is 48.7 Å². The quantitative estimate of drug-likeness (QED) is 0.459. The van der Waals surface area contributed by atoms with Crippen LogP contribution in [0.15, 0.2) is 61.1 Å². The van der Waals surface area contributed by atoms with Crippen molar-refractivity contribution in [3.63, 3.8) is 0 Å². The highest BCUT2D eigenvalue weighted by molar-refractivity contribution is 5.92. The van der Waals surface area contributed by atoms with Crippen molar-refractivity contribution in [3.05, 3.63) is 66.8 Å². The van der Waals surface area contributed by atoms with Gasteiger partial charge < -0.3 is 16.2 Å². The van der Waals surface area contributed by atoms with Gasteiger partial charge in [0, 0.05) is 34.8 Å². The predicted molar refractivity (Wildman–Crippen MR) is 125 cm³/mol. The average molecular weight is 431 g/mol. The summed E-state index contributed by atoms with van der Waals surface area (Å²) in [4.78, 5) is 20.2.